The third kappa shape index (κ3) is 4.95. The first kappa shape index (κ1) is 21.7. The van der Waals surface area contributed by atoms with Gasteiger partial charge in [0.2, 0.25) is 0 Å². The standard InChI is InChI=1S/C22H30BrNO3S/c1-12-10-14-18(28-19(24-14)13-8-9-13)17(23)16(12)15(27-22(5,6)7)11-26-20(25)21(2,3)4/h10,13,15H,8-9,11H2,1-7H3/t15-/m1/s1. The van der Waals surface area contributed by atoms with Crippen molar-refractivity contribution < 1.29 is 14.3 Å². The minimum Gasteiger partial charge on any atom is -0.462 e. The fourth-order valence-electron chi connectivity index (χ4n) is 3.05. The molecule has 6 heteroatoms. The number of hydrogen-bond donors (Lipinski definition) is 0. The number of benzene rings is 1. The Balaban J connectivity index is 1.98. The minimum atomic E-state index is -0.542. The van der Waals surface area contributed by atoms with E-state index in [-0.39, 0.29) is 24.3 Å². The zero-order valence-electron chi connectivity index (χ0n) is 17.8. The zero-order chi connectivity index (χ0) is 20.9. The van der Waals surface area contributed by atoms with Crippen LogP contribution in [0.1, 0.15) is 82.5 Å². The maximum absolute atomic E-state index is 12.3. The predicted octanol–water partition coefficient (Wildman–Crippen LogP) is 6.69. The summed E-state index contributed by atoms with van der Waals surface area (Å²) in [4.78, 5) is 17.2. The number of nitrogens with zero attached hydrogens (tertiary/aromatic N) is 1. The van der Waals surface area contributed by atoms with Crippen LogP contribution in [0.3, 0.4) is 0 Å². The molecular formula is C22H30BrNO3S. The Kier molecular flexibility index (Phi) is 5.97. The Hall–Kier alpha value is -0.980. The topological polar surface area (TPSA) is 48.4 Å². The SMILES string of the molecule is Cc1cc2nc(C3CC3)sc2c(Br)c1[C@@H](COC(=O)C(C)(C)C)OC(C)(C)C. The van der Waals surface area contributed by atoms with Gasteiger partial charge in [0.05, 0.1) is 26.2 Å². The lowest BCUT2D eigenvalue weighted by Gasteiger charge is -2.30. The van der Waals surface area contributed by atoms with Gasteiger partial charge in [-0.05, 0) is 88.9 Å². The van der Waals surface area contributed by atoms with Crippen molar-refractivity contribution in [3.05, 3.63) is 26.7 Å². The van der Waals surface area contributed by atoms with Crippen LogP contribution in [0.15, 0.2) is 10.5 Å². The largest absolute Gasteiger partial charge is 0.462 e. The molecule has 1 aromatic heterocycles. The molecular weight excluding hydrogens is 438 g/mol. The van der Waals surface area contributed by atoms with E-state index in [0.29, 0.717) is 5.92 Å². The van der Waals surface area contributed by atoms with E-state index < -0.39 is 5.41 Å². The van der Waals surface area contributed by atoms with Gasteiger partial charge in [0.25, 0.3) is 0 Å². The third-order valence-corrected chi connectivity index (χ3v) is 6.94. The lowest BCUT2D eigenvalue weighted by atomic mass is 9.97. The highest BCUT2D eigenvalue weighted by Gasteiger charge is 2.31. The number of carbonyl (C=O) groups excluding carboxylic acids is 1. The summed E-state index contributed by atoms with van der Waals surface area (Å²) in [7, 11) is 0. The van der Waals surface area contributed by atoms with Crippen LogP contribution in [0, 0.1) is 12.3 Å². The van der Waals surface area contributed by atoms with E-state index in [9.17, 15) is 4.79 Å². The summed E-state index contributed by atoms with van der Waals surface area (Å²) in [6, 6.07) is 2.13. The van der Waals surface area contributed by atoms with Crippen LogP contribution in [0.25, 0.3) is 10.2 Å². The smallest absolute Gasteiger partial charge is 0.311 e. The highest BCUT2D eigenvalue weighted by molar-refractivity contribution is 9.10. The summed E-state index contributed by atoms with van der Waals surface area (Å²) in [5.41, 5.74) is 2.25. The summed E-state index contributed by atoms with van der Waals surface area (Å²) in [5.74, 6) is 0.404. The molecule has 0 aliphatic heterocycles. The van der Waals surface area contributed by atoms with Crippen molar-refractivity contribution in [2.75, 3.05) is 6.61 Å². The molecule has 0 saturated heterocycles. The minimum absolute atomic E-state index is 0.187. The number of hydrogen-bond acceptors (Lipinski definition) is 5. The molecule has 0 unspecified atom stereocenters. The number of carbonyl (C=O) groups is 1. The first-order valence-corrected chi connectivity index (χ1v) is 11.4. The normalized spacial score (nSPS) is 16.4. The predicted molar refractivity (Wildman–Crippen MR) is 118 cm³/mol. The summed E-state index contributed by atoms with van der Waals surface area (Å²) >= 11 is 5.58. The number of esters is 1. The molecule has 4 nitrogen and oxygen atoms in total. The van der Waals surface area contributed by atoms with Crippen LogP contribution in [0.2, 0.25) is 0 Å². The summed E-state index contributed by atoms with van der Waals surface area (Å²) in [5, 5.41) is 1.22. The molecule has 28 heavy (non-hydrogen) atoms. The van der Waals surface area contributed by atoms with E-state index in [2.05, 4.69) is 28.9 Å². The van der Waals surface area contributed by atoms with Crippen LogP contribution in [-0.2, 0) is 14.3 Å². The average Bonchev–Trinajstić information content (AvgIpc) is 3.30. The van der Waals surface area contributed by atoms with Gasteiger partial charge in [-0.3, -0.25) is 4.79 Å². The molecule has 1 heterocycles. The summed E-state index contributed by atoms with van der Waals surface area (Å²) < 4.78 is 14.1. The molecule has 1 saturated carbocycles. The van der Waals surface area contributed by atoms with Gasteiger partial charge >= 0.3 is 5.97 Å². The third-order valence-electron chi connectivity index (χ3n) is 4.61. The quantitative estimate of drug-likeness (QED) is 0.459. The molecule has 1 aliphatic rings. The molecule has 0 N–H and O–H groups in total. The number of rotatable bonds is 5. The van der Waals surface area contributed by atoms with Gasteiger partial charge in [-0.1, -0.05) is 0 Å². The molecule has 0 radical (unpaired) electrons. The molecule has 0 spiro atoms. The van der Waals surface area contributed by atoms with Gasteiger partial charge in [0.15, 0.2) is 0 Å². The van der Waals surface area contributed by atoms with Crippen molar-refractivity contribution >= 4 is 43.5 Å². The van der Waals surface area contributed by atoms with Crippen molar-refractivity contribution in [2.24, 2.45) is 5.41 Å². The first-order valence-electron chi connectivity index (χ1n) is 9.81. The van der Waals surface area contributed by atoms with Crippen LogP contribution in [0.5, 0.6) is 0 Å². The second kappa shape index (κ2) is 7.69. The van der Waals surface area contributed by atoms with Gasteiger partial charge in [0, 0.05) is 16.0 Å². The van der Waals surface area contributed by atoms with Crippen LogP contribution >= 0.6 is 27.3 Å². The van der Waals surface area contributed by atoms with Gasteiger partial charge < -0.3 is 9.47 Å². The molecule has 1 atom stereocenters. The lowest BCUT2D eigenvalue weighted by molar-refractivity contribution is -0.162. The Labute approximate surface area is 180 Å². The number of ether oxygens (including phenoxy) is 2. The van der Waals surface area contributed by atoms with E-state index >= 15 is 0 Å². The van der Waals surface area contributed by atoms with E-state index in [4.69, 9.17) is 14.5 Å². The van der Waals surface area contributed by atoms with Crippen molar-refractivity contribution in [3.63, 3.8) is 0 Å². The van der Waals surface area contributed by atoms with Crippen molar-refractivity contribution in [1.82, 2.24) is 4.98 Å². The van der Waals surface area contributed by atoms with Gasteiger partial charge in [0.1, 0.15) is 12.7 Å². The number of halogens is 1. The summed E-state index contributed by atoms with van der Waals surface area (Å²) in [6.07, 6.45) is 2.13. The van der Waals surface area contributed by atoms with Crippen molar-refractivity contribution in [2.45, 2.75) is 78.9 Å². The Bertz CT molecular complexity index is 888. The summed E-state index contributed by atoms with van der Waals surface area (Å²) in [6.45, 7) is 13.9. The molecule has 1 fully saturated rings. The molecule has 2 aromatic rings. The molecule has 1 aliphatic carbocycles. The van der Waals surface area contributed by atoms with Crippen LogP contribution in [-0.4, -0.2) is 23.2 Å². The molecule has 1 aromatic carbocycles. The van der Waals surface area contributed by atoms with E-state index in [1.807, 2.05) is 41.5 Å². The highest BCUT2D eigenvalue weighted by Crippen LogP contribution is 2.46. The highest BCUT2D eigenvalue weighted by atomic mass is 79.9. The number of aryl methyl sites for hydroxylation is 1. The van der Waals surface area contributed by atoms with Gasteiger partial charge in [-0.25, -0.2) is 4.98 Å². The van der Waals surface area contributed by atoms with E-state index in [0.717, 1.165) is 25.8 Å². The van der Waals surface area contributed by atoms with Crippen molar-refractivity contribution in [3.8, 4) is 0 Å². The second-order valence-electron chi connectivity index (χ2n) is 9.66. The zero-order valence-corrected chi connectivity index (χ0v) is 20.2. The average molecular weight is 468 g/mol. The first-order chi connectivity index (χ1) is 12.9. The number of fused-ring (bicyclic) bond motifs is 1. The monoisotopic (exact) mass is 467 g/mol. The number of thiazole rings is 1. The van der Waals surface area contributed by atoms with E-state index in [1.54, 1.807) is 11.3 Å². The van der Waals surface area contributed by atoms with Crippen molar-refractivity contribution in [1.29, 1.82) is 0 Å². The Morgan fingerprint density at radius 3 is 2.46 bits per heavy atom. The Morgan fingerprint density at radius 1 is 1.29 bits per heavy atom. The Morgan fingerprint density at radius 2 is 1.93 bits per heavy atom. The van der Waals surface area contributed by atoms with Gasteiger partial charge in [-0.2, -0.15) is 0 Å². The molecule has 3 rings (SSSR count). The van der Waals surface area contributed by atoms with E-state index in [1.165, 1.54) is 17.8 Å². The van der Waals surface area contributed by atoms with Crippen LogP contribution < -0.4 is 0 Å². The molecule has 0 bridgehead atoms. The fraction of sp³-hybridized carbons (Fsp3) is 0.636. The molecule has 0 amide bonds. The molecule has 154 valence electrons. The maximum atomic E-state index is 12.3. The van der Waals surface area contributed by atoms with Gasteiger partial charge in [-0.15, -0.1) is 11.3 Å². The fourth-order valence-corrected chi connectivity index (χ4v) is 5.23. The lowest BCUT2D eigenvalue weighted by Crippen LogP contribution is -2.29. The second-order valence-corrected chi connectivity index (χ2v) is 11.5. The maximum Gasteiger partial charge on any atom is 0.311 e. The number of aromatic nitrogens is 1. The van der Waals surface area contributed by atoms with Crippen LogP contribution in [0.4, 0.5) is 0 Å².